The smallest absolute Gasteiger partial charge is 0.187 e. The Kier molecular flexibility index (Phi) is 37.7. The van der Waals surface area contributed by atoms with E-state index >= 15 is 0 Å². The molecule has 0 radical (unpaired) electrons. The molecule has 5 aliphatic rings. The first-order valence-electron chi connectivity index (χ1n) is 30.0. The third kappa shape index (κ3) is 23.2. The van der Waals surface area contributed by atoms with E-state index in [1.807, 2.05) is 0 Å². The van der Waals surface area contributed by atoms with E-state index in [9.17, 15) is 66.4 Å². The Bertz CT molecular complexity index is 1760. The minimum atomic E-state index is -2.10. The molecule has 25 atom stereocenters. The molecule has 0 saturated carbocycles. The Labute approximate surface area is 510 Å². The fraction of sp³-hybridized carbons (Fsp3) is 1.00. The maximum Gasteiger partial charge on any atom is 0.187 e. The number of rotatable bonds is 45. The van der Waals surface area contributed by atoms with E-state index in [-0.39, 0.29) is 145 Å². The normalized spacial score (nSPS) is 38.2. The van der Waals surface area contributed by atoms with Gasteiger partial charge in [-0.25, -0.2) is 0 Å². The van der Waals surface area contributed by atoms with Crippen molar-refractivity contribution in [2.75, 3.05) is 172 Å². The van der Waals surface area contributed by atoms with Gasteiger partial charge in [0.2, 0.25) is 0 Å². The molecule has 5 fully saturated rings. The van der Waals surface area contributed by atoms with Crippen LogP contribution in [0.1, 0.15) is 20.8 Å². The molecule has 25 unspecified atom stereocenters. The molecular weight excluding hydrogens is 1190 g/mol. The monoisotopic (exact) mass is 1290 g/mol. The zero-order valence-corrected chi connectivity index (χ0v) is 50.2. The van der Waals surface area contributed by atoms with Gasteiger partial charge in [0, 0.05) is 12.5 Å². The highest BCUT2D eigenvalue weighted by atomic mass is 16.8. The van der Waals surface area contributed by atoms with Gasteiger partial charge in [0.15, 0.2) is 25.2 Å². The van der Waals surface area contributed by atoms with Gasteiger partial charge in [-0.1, -0.05) is 6.92 Å². The van der Waals surface area contributed by atoms with Crippen LogP contribution in [0.4, 0.5) is 0 Å². The van der Waals surface area contributed by atoms with Crippen molar-refractivity contribution in [3.05, 3.63) is 0 Å². The number of aliphatic hydroxyl groups is 14. The first kappa shape index (κ1) is 77.3. The maximum absolute atomic E-state index is 12.4. The molecule has 520 valence electrons. The largest absolute Gasteiger partial charge is 0.394 e. The average Bonchev–Trinajstić information content (AvgIpc) is 2.99. The van der Waals surface area contributed by atoms with Crippen LogP contribution in [-0.2, 0) is 94.7 Å². The highest BCUT2D eigenvalue weighted by molar-refractivity contribution is 5.00. The Morgan fingerprint density at radius 1 is 0.284 bits per heavy atom. The molecule has 14 N–H and O–H groups in total. The summed E-state index contributed by atoms with van der Waals surface area (Å²) in [5.41, 5.74) is 0. The van der Waals surface area contributed by atoms with Crippen LogP contribution in [0.15, 0.2) is 0 Å². The molecule has 0 aromatic heterocycles. The Morgan fingerprint density at radius 2 is 0.614 bits per heavy atom. The summed E-state index contributed by atoms with van der Waals surface area (Å²) < 4.78 is 118. The van der Waals surface area contributed by atoms with Crippen LogP contribution < -0.4 is 0 Å². The molecule has 0 amide bonds. The van der Waals surface area contributed by atoms with Gasteiger partial charge in [0.25, 0.3) is 0 Å². The Balaban J connectivity index is 1.38. The van der Waals surface area contributed by atoms with Gasteiger partial charge in [0.1, 0.15) is 104 Å². The van der Waals surface area contributed by atoms with Crippen molar-refractivity contribution in [2.24, 2.45) is 5.92 Å². The van der Waals surface area contributed by atoms with Crippen molar-refractivity contribution < 1.29 is 166 Å². The molecule has 5 heterocycles. The number of ether oxygens (including phenoxy) is 20. The van der Waals surface area contributed by atoms with Crippen LogP contribution in [0, 0.1) is 5.92 Å². The molecule has 5 rings (SSSR count). The van der Waals surface area contributed by atoms with Gasteiger partial charge in [-0.05, 0) is 13.8 Å². The first-order valence-corrected chi connectivity index (χ1v) is 30.0. The summed E-state index contributed by atoms with van der Waals surface area (Å²) >= 11 is 0. The second-order valence-electron chi connectivity index (χ2n) is 21.1. The highest BCUT2D eigenvalue weighted by Gasteiger charge is 2.57. The fourth-order valence-electron chi connectivity index (χ4n) is 10.5. The van der Waals surface area contributed by atoms with Gasteiger partial charge in [0.05, 0.1) is 183 Å². The Morgan fingerprint density at radius 3 is 1.08 bits per heavy atom. The SMILES string of the molecule is CCOC1C(C)OC(COCCO)C(OC2OC(COCCOCCO)C(OC3OC(CO)C(OC4OC(COCCO)C(OC5OC(COCCOCCO)C(C)C(OCCOCCO)C5O)C(O)C4OCCOCCO)C(O)C3O)C(O)C2O)C1O. The lowest BCUT2D eigenvalue weighted by molar-refractivity contribution is -0.394. The molecule has 0 aromatic carbocycles. The van der Waals surface area contributed by atoms with Gasteiger partial charge in [-0.2, -0.15) is 0 Å². The lowest BCUT2D eigenvalue weighted by Gasteiger charge is -2.50. The minimum absolute atomic E-state index is 0.00369. The van der Waals surface area contributed by atoms with Crippen molar-refractivity contribution in [3.8, 4) is 0 Å². The standard InChI is InChI=1S/C54H100O34/c1-4-77-45-31(3)80-34(27-73-15-9-59)48(41(45)66)86-52-40(65)38(63)47(35(83-52)29-76-20-18-70-12-6-56)85-51-39(64)37(62)46(32(25-61)81-51)88-54-50(79-24-22-72-14-8-58)42(67)49(36(84-54)28-74-16-10-60)87-53-43(68)44(78-23-21-71-13-7-57)30(2)33(82-53)26-75-19-17-69-11-5-55/h30-68H,4-29H2,1-3H3. The van der Waals surface area contributed by atoms with Crippen LogP contribution in [0.5, 0.6) is 0 Å². The summed E-state index contributed by atoms with van der Waals surface area (Å²) in [5.74, 6) is -0.543. The molecule has 0 spiro atoms. The lowest BCUT2D eigenvalue weighted by atomic mass is 9.90. The number of hydrogen-bond acceptors (Lipinski definition) is 34. The first-order chi connectivity index (χ1) is 42.6. The van der Waals surface area contributed by atoms with E-state index in [2.05, 4.69) is 0 Å². The number of hydrogen-bond donors (Lipinski definition) is 14. The van der Waals surface area contributed by atoms with Crippen LogP contribution in [0.25, 0.3) is 0 Å². The van der Waals surface area contributed by atoms with Crippen molar-refractivity contribution in [1.82, 2.24) is 0 Å². The van der Waals surface area contributed by atoms with Crippen LogP contribution in [-0.4, -0.2) is 391 Å². The predicted octanol–water partition coefficient (Wildman–Crippen LogP) is -8.37. The quantitative estimate of drug-likeness (QED) is 0.0252. The molecule has 0 aromatic rings. The maximum atomic E-state index is 12.4. The van der Waals surface area contributed by atoms with Gasteiger partial charge >= 0.3 is 0 Å². The van der Waals surface area contributed by atoms with Gasteiger partial charge < -0.3 is 166 Å². The Hall–Kier alpha value is -1.36. The molecule has 5 aliphatic heterocycles. The van der Waals surface area contributed by atoms with Crippen molar-refractivity contribution in [3.63, 3.8) is 0 Å². The third-order valence-electron chi connectivity index (χ3n) is 14.9. The number of aliphatic hydroxyl groups excluding tert-OH is 14. The third-order valence-corrected chi connectivity index (χ3v) is 14.9. The van der Waals surface area contributed by atoms with Crippen LogP contribution in [0.3, 0.4) is 0 Å². The topological polar surface area (TPSA) is 468 Å². The molecule has 0 bridgehead atoms. The van der Waals surface area contributed by atoms with Gasteiger partial charge in [-0.15, -0.1) is 0 Å². The predicted molar refractivity (Wildman–Crippen MR) is 291 cm³/mol. The zero-order valence-electron chi connectivity index (χ0n) is 50.2. The summed E-state index contributed by atoms with van der Waals surface area (Å²) in [7, 11) is 0. The summed E-state index contributed by atoms with van der Waals surface area (Å²) in [6, 6.07) is 0. The molecule has 0 aliphatic carbocycles. The van der Waals surface area contributed by atoms with E-state index in [0.29, 0.717) is 0 Å². The molecular formula is C54H100O34. The van der Waals surface area contributed by atoms with Crippen molar-refractivity contribution in [2.45, 2.75) is 168 Å². The zero-order chi connectivity index (χ0) is 64.0. The summed E-state index contributed by atoms with van der Waals surface area (Å²) in [6.45, 7) is 1.11. The summed E-state index contributed by atoms with van der Waals surface area (Å²) in [4.78, 5) is 0. The summed E-state index contributed by atoms with van der Waals surface area (Å²) in [6.07, 6.45) is -36.5. The van der Waals surface area contributed by atoms with E-state index < -0.39 is 180 Å². The van der Waals surface area contributed by atoms with Gasteiger partial charge in [-0.3, -0.25) is 0 Å². The van der Waals surface area contributed by atoms with Crippen LogP contribution in [0.2, 0.25) is 0 Å². The summed E-state index contributed by atoms with van der Waals surface area (Å²) in [5, 5.41) is 150. The van der Waals surface area contributed by atoms with Crippen LogP contribution >= 0.6 is 0 Å². The van der Waals surface area contributed by atoms with E-state index in [4.69, 9.17) is 99.8 Å². The molecule has 88 heavy (non-hydrogen) atoms. The van der Waals surface area contributed by atoms with Crippen molar-refractivity contribution in [1.29, 1.82) is 0 Å². The lowest BCUT2D eigenvalue weighted by Crippen LogP contribution is -2.68. The van der Waals surface area contributed by atoms with Crippen molar-refractivity contribution >= 4 is 0 Å². The van der Waals surface area contributed by atoms with E-state index in [0.717, 1.165) is 0 Å². The second kappa shape index (κ2) is 42.9. The molecule has 34 nitrogen and oxygen atoms in total. The highest BCUT2D eigenvalue weighted by Crippen LogP contribution is 2.38. The molecule has 5 saturated heterocycles. The fourth-order valence-corrected chi connectivity index (χ4v) is 10.5. The average molecular weight is 1290 g/mol. The molecule has 34 heteroatoms. The minimum Gasteiger partial charge on any atom is -0.394 e. The second-order valence-corrected chi connectivity index (χ2v) is 21.1. The van der Waals surface area contributed by atoms with E-state index in [1.165, 1.54) is 0 Å². The van der Waals surface area contributed by atoms with E-state index in [1.54, 1.807) is 20.8 Å².